The fourth-order valence-corrected chi connectivity index (χ4v) is 4.44. The van der Waals surface area contributed by atoms with E-state index in [-0.39, 0.29) is 29.2 Å². The molecule has 0 saturated heterocycles. The van der Waals surface area contributed by atoms with Gasteiger partial charge in [0.2, 0.25) is 5.91 Å². The normalized spacial score (nSPS) is 14.0. The summed E-state index contributed by atoms with van der Waals surface area (Å²) < 4.78 is 44.1. The number of nitrogens with zero attached hydrogens (tertiary/aromatic N) is 5. The number of carbonyl (C=O) groups is 1. The van der Waals surface area contributed by atoms with E-state index >= 15 is 0 Å². The second-order valence-corrected chi connectivity index (χ2v) is 9.36. The molecule has 35 heavy (non-hydrogen) atoms. The summed E-state index contributed by atoms with van der Waals surface area (Å²) in [6.45, 7) is 1.55. The smallest absolute Gasteiger partial charge is 0.322 e. The number of benzene rings is 1. The first kappa shape index (κ1) is 23.6. The fourth-order valence-electron chi connectivity index (χ4n) is 3.97. The zero-order chi connectivity index (χ0) is 24.9. The predicted molar refractivity (Wildman–Crippen MR) is 126 cm³/mol. The van der Waals surface area contributed by atoms with Crippen LogP contribution in [0.3, 0.4) is 0 Å². The average Bonchev–Trinajstić information content (AvgIpc) is 3.47. The summed E-state index contributed by atoms with van der Waals surface area (Å²) in [6.07, 6.45) is 0.149. The second kappa shape index (κ2) is 8.83. The molecule has 182 valence electrons. The fraction of sp³-hybridized carbons (Fsp3) is 0.304. The van der Waals surface area contributed by atoms with Gasteiger partial charge in [-0.05, 0) is 43.5 Å². The van der Waals surface area contributed by atoms with E-state index in [1.54, 1.807) is 29.1 Å². The first-order chi connectivity index (χ1) is 16.6. The molecule has 5 rings (SSSR count). The highest BCUT2D eigenvalue weighted by atomic mass is 35.5. The van der Waals surface area contributed by atoms with E-state index in [0.717, 1.165) is 24.5 Å². The van der Waals surface area contributed by atoms with Gasteiger partial charge >= 0.3 is 6.18 Å². The maximum Gasteiger partial charge on any atom is 0.417 e. The standard InChI is InChI=1S/C23H19Cl2F3N6O/c1-12-21-17(23(26,27)28)7-19(13-2-3-13)31-22(21)34(32-12)11-20(35)30-16-8-29-33(10-16)9-14-4-5-15(24)6-18(14)25/h4-8,10,13H,2-3,9,11H2,1H3,(H,30,35). The maximum atomic E-state index is 13.8. The van der Waals surface area contributed by atoms with E-state index < -0.39 is 17.6 Å². The molecule has 0 bridgehead atoms. The van der Waals surface area contributed by atoms with Gasteiger partial charge < -0.3 is 5.32 Å². The van der Waals surface area contributed by atoms with Crippen LogP contribution in [0.1, 0.15) is 41.3 Å². The third-order valence-corrected chi connectivity index (χ3v) is 6.34. The minimum atomic E-state index is -4.55. The molecule has 1 aliphatic carbocycles. The number of pyridine rings is 1. The topological polar surface area (TPSA) is 77.6 Å². The molecule has 7 nitrogen and oxygen atoms in total. The average molecular weight is 523 g/mol. The molecule has 0 atom stereocenters. The van der Waals surface area contributed by atoms with Gasteiger partial charge in [-0.3, -0.25) is 9.48 Å². The van der Waals surface area contributed by atoms with E-state index in [4.69, 9.17) is 23.2 Å². The van der Waals surface area contributed by atoms with Crippen LogP contribution in [0.15, 0.2) is 36.7 Å². The highest BCUT2D eigenvalue weighted by Crippen LogP contribution is 2.43. The van der Waals surface area contributed by atoms with Crippen LogP contribution in [0.4, 0.5) is 18.9 Å². The largest absolute Gasteiger partial charge is 0.417 e. The molecular weight excluding hydrogens is 504 g/mol. The van der Waals surface area contributed by atoms with Crippen molar-refractivity contribution in [2.45, 2.75) is 44.9 Å². The number of fused-ring (bicyclic) bond motifs is 1. The SMILES string of the molecule is Cc1nn(CC(=O)Nc2cnn(Cc3ccc(Cl)cc3Cl)c2)c2nc(C3CC3)cc(C(F)(F)F)c12. The van der Waals surface area contributed by atoms with Crippen molar-refractivity contribution in [1.82, 2.24) is 24.5 Å². The highest BCUT2D eigenvalue weighted by Gasteiger charge is 2.37. The first-order valence-corrected chi connectivity index (χ1v) is 11.6. The molecule has 1 saturated carbocycles. The van der Waals surface area contributed by atoms with Crippen LogP contribution >= 0.6 is 23.2 Å². The van der Waals surface area contributed by atoms with Crippen LogP contribution in [-0.2, 0) is 24.1 Å². The van der Waals surface area contributed by atoms with E-state index in [1.165, 1.54) is 17.8 Å². The number of aryl methyl sites for hydroxylation is 1. The Morgan fingerprint density at radius 2 is 2.00 bits per heavy atom. The lowest BCUT2D eigenvalue weighted by Gasteiger charge is -2.11. The summed E-state index contributed by atoms with van der Waals surface area (Å²) in [7, 11) is 0. The zero-order valence-corrected chi connectivity index (χ0v) is 19.9. The minimum Gasteiger partial charge on any atom is -0.322 e. The number of halogens is 5. The molecule has 4 aromatic rings. The lowest BCUT2D eigenvalue weighted by atomic mass is 10.1. The number of carbonyl (C=O) groups excluding carboxylic acids is 1. The minimum absolute atomic E-state index is 0.0120. The number of hydrogen-bond donors (Lipinski definition) is 1. The number of nitrogens with one attached hydrogen (secondary N) is 1. The van der Waals surface area contributed by atoms with Crippen molar-refractivity contribution < 1.29 is 18.0 Å². The molecule has 0 radical (unpaired) electrons. The van der Waals surface area contributed by atoms with Crippen LogP contribution in [0.25, 0.3) is 11.0 Å². The molecule has 1 aliphatic rings. The molecule has 1 fully saturated rings. The van der Waals surface area contributed by atoms with Crippen LogP contribution in [0.5, 0.6) is 0 Å². The van der Waals surface area contributed by atoms with E-state index in [0.29, 0.717) is 28.0 Å². The lowest BCUT2D eigenvalue weighted by Crippen LogP contribution is -2.20. The van der Waals surface area contributed by atoms with Crippen molar-refractivity contribution in [1.29, 1.82) is 0 Å². The van der Waals surface area contributed by atoms with Gasteiger partial charge in [-0.15, -0.1) is 0 Å². The van der Waals surface area contributed by atoms with Crippen molar-refractivity contribution in [2.24, 2.45) is 0 Å². The van der Waals surface area contributed by atoms with E-state index in [2.05, 4.69) is 20.5 Å². The first-order valence-electron chi connectivity index (χ1n) is 10.8. The van der Waals surface area contributed by atoms with Crippen LogP contribution in [0.2, 0.25) is 10.0 Å². The van der Waals surface area contributed by atoms with Gasteiger partial charge in [0.05, 0.1) is 35.1 Å². The van der Waals surface area contributed by atoms with Crippen LogP contribution in [0, 0.1) is 6.92 Å². The molecule has 3 heterocycles. The molecule has 12 heteroatoms. The van der Waals surface area contributed by atoms with Crippen LogP contribution in [-0.4, -0.2) is 30.5 Å². The Kier molecular flexibility index (Phi) is 5.96. The molecular formula is C23H19Cl2F3N6O. The Hall–Kier alpha value is -3.11. The summed E-state index contributed by atoms with van der Waals surface area (Å²) in [5, 5.41) is 12.0. The summed E-state index contributed by atoms with van der Waals surface area (Å²) in [4.78, 5) is 17.2. The predicted octanol–water partition coefficient (Wildman–Crippen LogP) is 5.83. The van der Waals surface area contributed by atoms with Crippen molar-refractivity contribution in [3.63, 3.8) is 0 Å². The third kappa shape index (κ3) is 4.99. The molecule has 3 aromatic heterocycles. The Labute approximate surface area is 207 Å². The zero-order valence-electron chi connectivity index (χ0n) is 18.4. The summed E-state index contributed by atoms with van der Waals surface area (Å²) in [5.74, 6) is -0.455. The highest BCUT2D eigenvalue weighted by molar-refractivity contribution is 6.35. The Morgan fingerprint density at radius 1 is 1.23 bits per heavy atom. The monoisotopic (exact) mass is 522 g/mol. The van der Waals surface area contributed by atoms with Gasteiger partial charge in [-0.25, -0.2) is 9.67 Å². The molecule has 1 amide bonds. The lowest BCUT2D eigenvalue weighted by molar-refractivity contribution is -0.136. The molecule has 0 aliphatic heterocycles. The van der Waals surface area contributed by atoms with E-state index in [1.807, 2.05) is 0 Å². The Bertz CT molecular complexity index is 1440. The molecule has 0 unspecified atom stereocenters. The third-order valence-electron chi connectivity index (χ3n) is 5.76. The van der Waals surface area contributed by atoms with Gasteiger partial charge in [0.1, 0.15) is 6.54 Å². The molecule has 1 N–H and O–H groups in total. The Morgan fingerprint density at radius 3 is 2.69 bits per heavy atom. The van der Waals surface area contributed by atoms with Crippen molar-refractivity contribution in [3.05, 3.63) is 69.2 Å². The number of anilines is 1. The number of hydrogen-bond acceptors (Lipinski definition) is 4. The summed E-state index contributed by atoms with van der Waals surface area (Å²) in [6, 6.07) is 6.25. The number of rotatable bonds is 6. The van der Waals surface area contributed by atoms with Crippen LogP contribution < -0.4 is 5.32 Å². The molecule has 1 aromatic carbocycles. The number of amides is 1. The van der Waals surface area contributed by atoms with Crippen molar-refractivity contribution in [2.75, 3.05) is 5.32 Å². The summed E-state index contributed by atoms with van der Waals surface area (Å²) >= 11 is 12.1. The number of alkyl halides is 3. The Balaban J connectivity index is 1.35. The summed E-state index contributed by atoms with van der Waals surface area (Å²) in [5.41, 5.74) is 1.07. The second-order valence-electron chi connectivity index (χ2n) is 8.52. The quantitative estimate of drug-likeness (QED) is 0.345. The van der Waals surface area contributed by atoms with Crippen molar-refractivity contribution >= 4 is 45.8 Å². The number of aromatic nitrogens is 5. The molecule has 0 spiro atoms. The van der Waals surface area contributed by atoms with Gasteiger partial charge in [-0.2, -0.15) is 23.4 Å². The van der Waals surface area contributed by atoms with Gasteiger partial charge in [0, 0.05) is 27.9 Å². The van der Waals surface area contributed by atoms with Crippen molar-refractivity contribution in [3.8, 4) is 0 Å². The van der Waals surface area contributed by atoms with Gasteiger partial charge in [0.25, 0.3) is 0 Å². The van der Waals surface area contributed by atoms with Gasteiger partial charge in [0.15, 0.2) is 5.65 Å². The van der Waals surface area contributed by atoms with Gasteiger partial charge in [-0.1, -0.05) is 29.3 Å². The van der Waals surface area contributed by atoms with E-state index in [9.17, 15) is 18.0 Å². The maximum absolute atomic E-state index is 13.8.